The van der Waals surface area contributed by atoms with Crippen LogP contribution in [0.15, 0.2) is 84.9 Å². The van der Waals surface area contributed by atoms with Gasteiger partial charge in [0.2, 0.25) is 11.8 Å². The van der Waals surface area contributed by atoms with Gasteiger partial charge >= 0.3 is 0 Å². The van der Waals surface area contributed by atoms with Crippen molar-refractivity contribution in [2.75, 3.05) is 13.2 Å². The first-order chi connectivity index (χ1) is 16.1. The molecule has 3 rings (SSSR count). The van der Waals surface area contributed by atoms with E-state index in [0.29, 0.717) is 17.9 Å². The maximum atomic E-state index is 13.5. The first-order valence-electron chi connectivity index (χ1n) is 11.1. The smallest absolute Gasteiger partial charge is 0.243 e. The SMILES string of the molecule is O=C(NCCO)C(Cc1ccccc1)N(Cc1ccc(Cl)cc1)C(=O)CCc1ccccc1. The van der Waals surface area contributed by atoms with Gasteiger partial charge in [0.25, 0.3) is 0 Å². The Balaban J connectivity index is 1.87. The molecule has 0 aliphatic carbocycles. The van der Waals surface area contributed by atoms with Crippen molar-refractivity contribution in [3.8, 4) is 0 Å². The second kappa shape index (κ2) is 12.8. The standard InChI is InChI=1S/C27H29ClN2O3/c28-24-14-11-23(12-15-24)20-30(26(32)16-13-21-7-3-1-4-8-21)25(27(33)29-17-18-31)19-22-9-5-2-6-10-22/h1-12,14-15,25,31H,13,16-20H2,(H,29,33). The third kappa shape index (κ3) is 7.74. The molecule has 2 N–H and O–H groups in total. The fraction of sp³-hybridized carbons (Fsp3) is 0.259. The van der Waals surface area contributed by atoms with Crippen molar-refractivity contribution in [3.63, 3.8) is 0 Å². The first-order valence-corrected chi connectivity index (χ1v) is 11.4. The maximum absolute atomic E-state index is 13.5. The van der Waals surface area contributed by atoms with Crippen LogP contribution >= 0.6 is 11.6 Å². The quantitative estimate of drug-likeness (QED) is 0.450. The molecule has 0 bridgehead atoms. The summed E-state index contributed by atoms with van der Waals surface area (Å²) in [7, 11) is 0. The van der Waals surface area contributed by atoms with Gasteiger partial charge in [-0.1, -0.05) is 84.4 Å². The zero-order valence-corrected chi connectivity index (χ0v) is 19.2. The molecule has 3 aromatic rings. The Morgan fingerprint density at radius 3 is 2.06 bits per heavy atom. The Labute approximate surface area is 200 Å². The van der Waals surface area contributed by atoms with E-state index in [2.05, 4.69) is 5.32 Å². The van der Waals surface area contributed by atoms with E-state index in [4.69, 9.17) is 11.6 Å². The van der Waals surface area contributed by atoms with Gasteiger partial charge in [-0.3, -0.25) is 9.59 Å². The predicted molar refractivity (Wildman–Crippen MR) is 131 cm³/mol. The molecule has 0 radical (unpaired) electrons. The Kier molecular flexibility index (Phi) is 9.48. The summed E-state index contributed by atoms with van der Waals surface area (Å²) in [6, 6.07) is 26.0. The van der Waals surface area contributed by atoms with Crippen LogP contribution in [0.25, 0.3) is 0 Å². The summed E-state index contributed by atoms with van der Waals surface area (Å²) < 4.78 is 0. The van der Waals surface area contributed by atoms with Crippen LogP contribution in [0.1, 0.15) is 23.1 Å². The van der Waals surface area contributed by atoms with Crippen molar-refractivity contribution in [3.05, 3.63) is 107 Å². The molecule has 172 valence electrons. The topological polar surface area (TPSA) is 69.6 Å². The Bertz CT molecular complexity index is 1010. The number of hydrogen-bond donors (Lipinski definition) is 2. The summed E-state index contributed by atoms with van der Waals surface area (Å²) in [6.07, 6.45) is 1.26. The lowest BCUT2D eigenvalue weighted by Crippen LogP contribution is -2.51. The lowest BCUT2D eigenvalue weighted by atomic mass is 10.0. The molecule has 2 amide bonds. The summed E-state index contributed by atoms with van der Waals surface area (Å²) in [5.74, 6) is -0.385. The van der Waals surface area contributed by atoms with Gasteiger partial charge in [0, 0.05) is 31.0 Å². The summed E-state index contributed by atoms with van der Waals surface area (Å²) in [4.78, 5) is 28.2. The van der Waals surface area contributed by atoms with Crippen LogP contribution < -0.4 is 5.32 Å². The molecule has 6 heteroatoms. The fourth-order valence-electron chi connectivity index (χ4n) is 3.68. The fourth-order valence-corrected chi connectivity index (χ4v) is 3.80. The average Bonchev–Trinajstić information content (AvgIpc) is 2.85. The average molecular weight is 465 g/mol. The van der Waals surface area contributed by atoms with Crippen molar-refractivity contribution >= 4 is 23.4 Å². The van der Waals surface area contributed by atoms with E-state index in [9.17, 15) is 14.7 Å². The van der Waals surface area contributed by atoms with Crippen molar-refractivity contribution in [1.29, 1.82) is 0 Å². The minimum absolute atomic E-state index is 0.103. The number of rotatable bonds is 11. The lowest BCUT2D eigenvalue weighted by molar-refractivity contribution is -0.141. The molecule has 0 heterocycles. The molecule has 0 aliphatic heterocycles. The van der Waals surface area contributed by atoms with Gasteiger partial charge in [0.1, 0.15) is 6.04 Å². The van der Waals surface area contributed by atoms with E-state index in [-0.39, 0.29) is 37.9 Å². The third-order valence-corrected chi connectivity index (χ3v) is 5.67. The van der Waals surface area contributed by atoms with Gasteiger partial charge in [-0.15, -0.1) is 0 Å². The molecule has 0 spiro atoms. The molecule has 5 nitrogen and oxygen atoms in total. The van der Waals surface area contributed by atoms with Gasteiger partial charge in [-0.2, -0.15) is 0 Å². The van der Waals surface area contributed by atoms with Gasteiger partial charge < -0.3 is 15.3 Å². The van der Waals surface area contributed by atoms with E-state index in [1.54, 1.807) is 17.0 Å². The number of aryl methyl sites for hydroxylation is 1. The number of carbonyl (C=O) groups excluding carboxylic acids is 2. The van der Waals surface area contributed by atoms with Crippen molar-refractivity contribution in [2.24, 2.45) is 0 Å². The summed E-state index contributed by atoms with van der Waals surface area (Å²) in [6.45, 7) is 0.259. The number of aliphatic hydroxyl groups is 1. The normalized spacial score (nSPS) is 11.6. The van der Waals surface area contributed by atoms with Crippen LogP contribution in [0, 0.1) is 0 Å². The number of carbonyl (C=O) groups is 2. The van der Waals surface area contributed by atoms with E-state index in [0.717, 1.165) is 16.7 Å². The molecular weight excluding hydrogens is 436 g/mol. The number of hydrogen-bond acceptors (Lipinski definition) is 3. The summed E-state index contributed by atoms with van der Waals surface area (Å²) >= 11 is 6.04. The second-order valence-corrected chi connectivity index (χ2v) is 8.29. The third-order valence-electron chi connectivity index (χ3n) is 5.42. The largest absolute Gasteiger partial charge is 0.395 e. The molecule has 0 saturated carbocycles. The number of benzene rings is 3. The summed E-state index contributed by atoms with van der Waals surface area (Å²) in [5, 5.41) is 12.6. The predicted octanol–water partition coefficient (Wildman–Crippen LogP) is 4.02. The minimum Gasteiger partial charge on any atom is -0.395 e. The maximum Gasteiger partial charge on any atom is 0.243 e. The Hall–Kier alpha value is -3.15. The van der Waals surface area contributed by atoms with Gasteiger partial charge in [0.15, 0.2) is 0 Å². The number of nitrogens with zero attached hydrogens (tertiary/aromatic N) is 1. The highest BCUT2D eigenvalue weighted by Gasteiger charge is 2.30. The van der Waals surface area contributed by atoms with E-state index < -0.39 is 6.04 Å². The lowest BCUT2D eigenvalue weighted by Gasteiger charge is -2.31. The van der Waals surface area contributed by atoms with Gasteiger partial charge in [0.05, 0.1) is 6.61 Å². The molecular formula is C27H29ClN2O3. The molecule has 0 fully saturated rings. The number of nitrogens with one attached hydrogen (secondary N) is 1. The van der Waals surface area contributed by atoms with Crippen LogP contribution in [0.2, 0.25) is 5.02 Å². The molecule has 0 aliphatic rings. The van der Waals surface area contributed by atoms with Crippen molar-refractivity contribution < 1.29 is 14.7 Å². The molecule has 1 unspecified atom stereocenters. The minimum atomic E-state index is -0.710. The van der Waals surface area contributed by atoms with E-state index in [1.165, 1.54) is 0 Å². The van der Waals surface area contributed by atoms with Crippen LogP contribution in [0.3, 0.4) is 0 Å². The van der Waals surface area contributed by atoms with Gasteiger partial charge in [-0.05, 0) is 35.2 Å². The van der Waals surface area contributed by atoms with E-state index >= 15 is 0 Å². The molecule has 1 atom stereocenters. The number of aliphatic hydroxyl groups excluding tert-OH is 1. The zero-order chi connectivity index (χ0) is 23.5. The highest BCUT2D eigenvalue weighted by Crippen LogP contribution is 2.18. The van der Waals surface area contributed by atoms with Crippen LogP contribution in [-0.2, 0) is 29.0 Å². The molecule has 33 heavy (non-hydrogen) atoms. The first kappa shape index (κ1) is 24.5. The number of amides is 2. The van der Waals surface area contributed by atoms with Crippen molar-refractivity contribution in [2.45, 2.75) is 31.8 Å². The van der Waals surface area contributed by atoms with Crippen LogP contribution in [0.4, 0.5) is 0 Å². The molecule has 0 aromatic heterocycles. The van der Waals surface area contributed by atoms with Crippen molar-refractivity contribution in [1.82, 2.24) is 10.2 Å². The monoisotopic (exact) mass is 464 g/mol. The molecule has 0 saturated heterocycles. The Morgan fingerprint density at radius 2 is 1.45 bits per heavy atom. The Morgan fingerprint density at radius 1 is 0.848 bits per heavy atom. The highest BCUT2D eigenvalue weighted by atomic mass is 35.5. The number of halogens is 1. The van der Waals surface area contributed by atoms with E-state index in [1.807, 2.05) is 72.8 Å². The second-order valence-electron chi connectivity index (χ2n) is 7.85. The summed E-state index contributed by atoms with van der Waals surface area (Å²) in [5.41, 5.74) is 2.92. The van der Waals surface area contributed by atoms with Crippen LogP contribution in [0.5, 0.6) is 0 Å². The highest BCUT2D eigenvalue weighted by molar-refractivity contribution is 6.30. The molecule has 3 aromatic carbocycles. The van der Waals surface area contributed by atoms with Gasteiger partial charge in [-0.25, -0.2) is 0 Å². The zero-order valence-electron chi connectivity index (χ0n) is 18.5. The van der Waals surface area contributed by atoms with Crippen LogP contribution in [-0.4, -0.2) is 41.0 Å².